The Kier molecular flexibility index (Phi) is 3.94. The van der Waals surface area contributed by atoms with Gasteiger partial charge in [-0.05, 0) is 19.1 Å². The Bertz CT molecular complexity index is 702. The van der Waals surface area contributed by atoms with E-state index in [2.05, 4.69) is 14.9 Å². The van der Waals surface area contributed by atoms with Crippen molar-refractivity contribution < 1.29 is 9.53 Å². The molecule has 0 bridgehead atoms. The Balaban J connectivity index is 1.95. The maximum atomic E-state index is 12.1. The number of anilines is 1. The molecule has 6 heteroatoms. The highest BCUT2D eigenvalue weighted by Gasteiger charge is 2.29. The minimum Gasteiger partial charge on any atom is -0.365 e. The maximum Gasteiger partial charge on any atom is 0.253 e. The first kappa shape index (κ1) is 14.7. The predicted octanol–water partition coefficient (Wildman–Crippen LogP) is 1.23. The van der Waals surface area contributed by atoms with Crippen molar-refractivity contribution >= 4 is 22.6 Å². The third-order valence-corrected chi connectivity index (χ3v) is 3.78. The number of carbonyl (C=O) groups is 1. The largest absolute Gasteiger partial charge is 0.365 e. The SMILES string of the molecule is Cc1nc(N2CCOC(C(=O)N(C)C)C2)c2ccccc2n1. The molecule has 6 nitrogen and oxygen atoms in total. The smallest absolute Gasteiger partial charge is 0.253 e. The quantitative estimate of drug-likeness (QED) is 0.835. The van der Waals surface area contributed by atoms with E-state index in [1.165, 1.54) is 0 Å². The van der Waals surface area contributed by atoms with Gasteiger partial charge in [-0.25, -0.2) is 9.97 Å². The van der Waals surface area contributed by atoms with E-state index in [0.29, 0.717) is 13.2 Å². The number of hydrogen-bond donors (Lipinski definition) is 0. The molecule has 0 saturated carbocycles. The lowest BCUT2D eigenvalue weighted by Gasteiger charge is -2.34. The summed E-state index contributed by atoms with van der Waals surface area (Å²) in [6, 6.07) is 7.95. The van der Waals surface area contributed by atoms with Crippen molar-refractivity contribution in [2.24, 2.45) is 0 Å². The van der Waals surface area contributed by atoms with Crippen LogP contribution < -0.4 is 4.90 Å². The summed E-state index contributed by atoms with van der Waals surface area (Å²) in [5, 5.41) is 1.01. The number of benzene rings is 1. The van der Waals surface area contributed by atoms with Crippen LogP contribution in [0.15, 0.2) is 24.3 Å². The molecule has 1 atom stereocenters. The average Bonchev–Trinajstić information content (AvgIpc) is 2.53. The maximum absolute atomic E-state index is 12.1. The minimum atomic E-state index is -0.446. The first-order valence-corrected chi connectivity index (χ1v) is 7.37. The summed E-state index contributed by atoms with van der Waals surface area (Å²) in [5.41, 5.74) is 0.923. The molecule has 2 heterocycles. The van der Waals surface area contributed by atoms with Gasteiger partial charge in [0.05, 0.1) is 18.7 Å². The van der Waals surface area contributed by atoms with Gasteiger partial charge in [0.25, 0.3) is 5.91 Å². The first-order chi connectivity index (χ1) is 10.6. The second-order valence-electron chi connectivity index (χ2n) is 5.65. The third kappa shape index (κ3) is 2.74. The lowest BCUT2D eigenvalue weighted by atomic mass is 10.2. The van der Waals surface area contributed by atoms with Crippen LogP contribution in [0, 0.1) is 6.92 Å². The topological polar surface area (TPSA) is 58.6 Å². The molecule has 2 aromatic rings. The van der Waals surface area contributed by atoms with Gasteiger partial charge in [-0.15, -0.1) is 0 Å². The Morgan fingerprint density at radius 2 is 2.09 bits per heavy atom. The molecule has 1 fully saturated rings. The number of likely N-dealkylation sites (N-methyl/N-ethyl adjacent to an activating group) is 1. The number of aryl methyl sites for hydroxylation is 1. The molecule has 1 aromatic heterocycles. The van der Waals surface area contributed by atoms with Gasteiger partial charge in [0.15, 0.2) is 6.10 Å². The summed E-state index contributed by atoms with van der Waals surface area (Å²) < 4.78 is 5.62. The van der Waals surface area contributed by atoms with Gasteiger partial charge in [-0.1, -0.05) is 12.1 Å². The normalized spacial score (nSPS) is 18.5. The van der Waals surface area contributed by atoms with E-state index in [4.69, 9.17) is 4.74 Å². The van der Waals surface area contributed by atoms with Crippen LogP contribution in [0.5, 0.6) is 0 Å². The number of aromatic nitrogens is 2. The zero-order chi connectivity index (χ0) is 15.7. The molecular formula is C16H20N4O2. The second-order valence-corrected chi connectivity index (χ2v) is 5.65. The van der Waals surface area contributed by atoms with Crippen LogP contribution in [0.1, 0.15) is 5.82 Å². The van der Waals surface area contributed by atoms with Crippen molar-refractivity contribution in [3.63, 3.8) is 0 Å². The van der Waals surface area contributed by atoms with Crippen LogP contribution in [0.4, 0.5) is 5.82 Å². The van der Waals surface area contributed by atoms with E-state index >= 15 is 0 Å². The van der Waals surface area contributed by atoms with Crippen molar-refractivity contribution in [3.8, 4) is 0 Å². The molecule has 1 aromatic carbocycles. The standard InChI is InChI=1S/C16H20N4O2/c1-11-17-13-7-5-4-6-12(13)15(18-11)20-8-9-22-14(10-20)16(21)19(2)3/h4-7,14H,8-10H2,1-3H3. The monoisotopic (exact) mass is 300 g/mol. The molecule has 1 aliphatic rings. The Morgan fingerprint density at radius 3 is 2.86 bits per heavy atom. The number of para-hydroxylation sites is 1. The summed E-state index contributed by atoms with van der Waals surface area (Å²) in [7, 11) is 3.49. The highest BCUT2D eigenvalue weighted by molar-refractivity contribution is 5.90. The molecule has 0 aliphatic carbocycles. The van der Waals surface area contributed by atoms with Crippen LogP contribution in [0.2, 0.25) is 0 Å². The Hall–Kier alpha value is -2.21. The summed E-state index contributed by atoms with van der Waals surface area (Å²) in [6.07, 6.45) is -0.446. The van der Waals surface area contributed by atoms with E-state index < -0.39 is 6.10 Å². The summed E-state index contributed by atoms with van der Waals surface area (Å²) in [4.78, 5) is 24.9. The Morgan fingerprint density at radius 1 is 1.32 bits per heavy atom. The molecule has 1 unspecified atom stereocenters. The van der Waals surface area contributed by atoms with Gasteiger partial charge in [-0.2, -0.15) is 0 Å². The highest BCUT2D eigenvalue weighted by Crippen LogP contribution is 2.25. The Labute approximate surface area is 129 Å². The fraction of sp³-hybridized carbons (Fsp3) is 0.438. The van der Waals surface area contributed by atoms with E-state index in [1.807, 2.05) is 31.2 Å². The van der Waals surface area contributed by atoms with Crippen LogP contribution in [0.3, 0.4) is 0 Å². The van der Waals surface area contributed by atoms with Crippen molar-refractivity contribution in [2.45, 2.75) is 13.0 Å². The van der Waals surface area contributed by atoms with Crippen molar-refractivity contribution in [2.75, 3.05) is 38.7 Å². The number of carbonyl (C=O) groups excluding carboxylic acids is 1. The molecule has 0 N–H and O–H groups in total. The van der Waals surface area contributed by atoms with Crippen LogP contribution in [-0.4, -0.2) is 60.7 Å². The van der Waals surface area contributed by atoms with Crippen LogP contribution in [-0.2, 0) is 9.53 Å². The minimum absolute atomic E-state index is 0.0141. The molecule has 116 valence electrons. The summed E-state index contributed by atoms with van der Waals surface area (Å²) in [6.45, 7) is 3.63. The number of rotatable bonds is 2. The number of fused-ring (bicyclic) bond motifs is 1. The third-order valence-electron chi connectivity index (χ3n) is 3.78. The van der Waals surface area contributed by atoms with Crippen molar-refractivity contribution in [3.05, 3.63) is 30.1 Å². The molecule has 1 amide bonds. The summed E-state index contributed by atoms with van der Waals surface area (Å²) >= 11 is 0. The highest BCUT2D eigenvalue weighted by atomic mass is 16.5. The molecule has 3 rings (SSSR count). The molecule has 1 aliphatic heterocycles. The van der Waals surface area contributed by atoms with Crippen LogP contribution >= 0.6 is 0 Å². The van der Waals surface area contributed by atoms with Crippen molar-refractivity contribution in [1.82, 2.24) is 14.9 Å². The molecule has 0 spiro atoms. The molecule has 0 radical (unpaired) electrons. The van der Waals surface area contributed by atoms with Crippen molar-refractivity contribution in [1.29, 1.82) is 0 Å². The van der Waals surface area contributed by atoms with E-state index in [9.17, 15) is 4.79 Å². The van der Waals surface area contributed by atoms with Gasteiger partial charge in [0, 0.05) is 26.0 Å². The number of amides is 1. The lowest BCUT2D eigenvalue weighted by molar-refractivity contribution is -0.141. The van der Waals surface area contributed by atoms with Gasteiger partial charge in [0.2, 0.25) is 0 Å². The van der Waals surface area contributed by atoms with Gasteiger partial charge in [-0.3, -0.25) is 4.79 Å². The number of hydrogen-bond acceptors (Lipinski definition) is 5. The predicted molar refractivity (Wildman–Crippen MR) is 84.9 cm³/mol. The van der Waals surface area contributed by atoms with E-state index in [-0.39, 0.29) is 5.91 Å². The molecule has 22 heavy (non-hydrogen) atoms. The average molecular weight is 300 g/mol. The first-order valence-electron chi connectivity index (χ1n) is 7.37. The van der Waals surface area contributed by atoms with Gasteiger partial charge < -0.3 is 14.5 Å². The zero-order valence-corrected chi connectivity index (χ0v) is 13.1. The second kappa shape index (κ2) is 5.88. The van der Waals surface area contributed by atoms with Gasteiger partial charge in [0.1, 0.15) is 11.6 Å². The molecular weight excluding hydrogens is 280 g/mol. The molecule has 1 saturated heterocycles. The zero-order valence-electron chi connectivity index (χ0n) is 13.1. The fourth-order valence-electron chi connectivity index (χ4n) is 2.69. The number of nitrogens with zero attached hydrogens (tertiary/aromatic N) is 4. The van der Waals surface area contributed by atoms with E-state index in [0.717, 1.165) is 29.1 Å². The number of ether oxygens (including phenoxy) is 1. The summed E-state index contributed by atoms with van der Waals surface area (Å²) in [5.74, 6) is 1.60. The fourth-order valence-corrected chi connectivity index (χ4v) is 2.69. The lowest BCUT2D eigenvalue weighted by Crippen LogP contribution is -2.49. The number of morpholine rings is 1. The van der Waals surface area contributed by atoms with Crippen LogP contribution in [0.25, 0.3) is 10.9 Å². The van der Waals surface area contributed by atoms with Gasteiger partial charge >= 0.3 is 0 Å². The van der Waals surface area contributed by atoms with E-state index in [1.54, 1.807) is 19.0 Å².